The molecule has 22 heavy (non-hydrogen) atoms. The molecule has 0 bridgehead atoms. The van der Waals surface area contributed by atoms with E-state index in [1.165, 1.54) is 13.0 Å². The van der Waals surface area contributed by atoms with Gasteiger partial charge in [0.25, 0.3) is 0 Å². The third-order valence-corrected chi connectivity index (χ3v) is 3.77. The van der Waals surface area contributed by atoms with Gasteiger partial charge in [0.15, 0.2) is 5.78 Å². The van der Waals surface area contributed by atoms with Crippen LogP contribution in [0.15, 0.2) is 18.2 Å². The van der Waals surface area contributed by atoms with Crippen LogP contribution in [0.1, 0.15) is 17.3 Å². The number of rotatable bonds is 2. The normalized spacial score (nSPS) is 18.4. The number of hydrogen-bond acceptors (Lipinski definition) is 5. The number of nitrogens with one attached hydrogen (secondary N) is 3. The minimum absolute atomic E-state index is 0.106. The molecule has 0 amide bonds. The first-order valence-electron chi connectivity index (χ1n) is 7.86. The van der Waals surface area contributed by atoms with Gasteiger partial charge in [-0.3, -0.25) is 4.79 Å². The highest BCUT2D eigenvalue weighted by Gasteiger charge is 2.15. The Balaban J connectivity index is 0.000000246. The zero-order chi connectivity index (χ0) is 15.8. The second-order valence-electron chi connectivity index (χ2n) is 5.46. The van der Waals surface area contributed by atoms with Crippen LogP contribution in [0.4, 0.5) is 10.1 Å². The molecule has 122 valence electrons. The highest BCUT2D eigenvalue weighted by molar-refractivity contribution is 5.94. The summed E-state index contributed by atoms with van der Waals surface area (Å²) in [5, 5.41) is 9.66. The largest absolute Gasteiger partial charge is 0.367 e. The molecule has 2 saturated heterocycles. The van der Waals surface area contributed by atoms with Crippen molar-refractivity contribution in [3.8, 4) is 0 Å². The zero-order valence-corrected chi connectivity index (χ0v) is 13.1. The molecule has 0 unspecified atom stereocenters. The number of Topliss-reactive ketones (excluding diaryl/α,β-unsaturated/α-hetero) is 1. The average Bonchev–Trinajstić information content (AvgIpc) is 2.57. The van der Waals surface area contributed by atoms with Crippen LogP contribution >= 0.6 is 0 Å². The van der Waals surface area contributed by atoms with E-state index in [9.17, 15) is 9.18 Å². The molecule has 2 aliphatic rings. The maximum atomic E-state index is 13.8. The molecule has 0 aromatic heterocycles. The Morgan fingerprint density at radius 3 is 2.00 bits per heavy atom. The van der Waals surface area contributed by atoms with Crippen molar-refractivity contribution < 1.29 is 9.18 Å². The first kappa shape index (κ1) is 16.9. The third kappa shape index (κ3) is 5.05. The van der Waals surface area contributed by atoms with E-state index in [0.717, 1.165) is 52.4 Å². The number of carbonyl (C=O) groups excluding carboxylic acids is 1. The summed E-state index contributed by atoms with van der Waals surface area (Å²) in [6.45, 7) is 9.34. The molecular weight excluding hydrogens is 283 g/mol. The van der Waals surface area contributed by atoms with Crippen LogP contribution in [0.25, 0.3) is 0 Å². The SMILES string of the molecule is C1CNCCN1.CC(=O)c1ccc(N2CCNCC2)c(F)c1. The number of anilines is 1. The molecule has 1 aromatic carbocycles. The minimum Gasteiger partial charge on any atom is -0.367 e. The van der Waals surface area contributed by atoms with E-state index < -0.39 is 0 Å². The highest BCUT2D eigenvalue weighted by Crippen LogP contribution is 2.21. The first-order valence-corrected chi connectivity index (χ1v) is 7.86. The van der Waals surface area contributed by atoms with Crippen molar-refractivity contribution in [2.75, 3.05) is 57.3 Å². The average molecular weight is 308 g/mol. The van der Waals surface area contributed by atoms with Crippen molar-refractivity contribution in [2.45, 2.75) is 6.92 Å². The summed E-state index contributed by atoms with van der Waals surface area (Å²) >= 11 is 0. The maximum Gasteiger partial charge on any atom is 0.159 e. The van der Waals surface area contributed by atoms with Gasteiger partial charge in [-0.1, -0.05) is 0 Å². The lowest BCUT2D eigenvalue weighted by Crippen LogP contribution is -2.43. The summed E-state index contributed by atoms with van der Waals surface area (Å²) < 4.78 is 13.8. The van der Waals surface area contributed by atoms with Crippen LogP contribution in [0.3, 0.4) is 0 Å². The minimum atomic E-state index is -0.311. The van der Waals surface area contributed by atoms with Crippen LogP contribution < -0.4 is 20.9 Å². The molecule has 6 heteroatoms. The molecule has 1 aromatic rings. The number of halogens is 1. The van der Waals surface area contributed by atoms with Gasteiger partial charge in [0.05, 0.1) is 5.69 Å². The van der Waals surface area contributed by atoms with Crippen molar-refractivity contribution in [1.29, 1.82) is 0 Å². The fourth-order valence-electron chi connectivity index (χ4n) is 2.49. The third-order valence-electron chi connectivity index (χ3n) is 3.77. The topological polar surface area (TPSA) is 56.4 Å². The molecule has 2 heterocycles. The highest BCUT2D eigenvalue weighted by atomic mass is 19.1. The fourth-order valence-corrected chi connectivity index (χ4v) is 2.49. The summed E-state index contributed by atoms with van der Waals surface area (Å²) in [7, 11) is 0. The maximum absolute atomic E-state index is 13.8. The Bertz CT molecular complexity index is 474. The second-order valence-corrected chi connectivity index (χ2v) is 5.46. The first-order chi connectivity index (χ1) is 10.7. The van der Waals surface area contributed by atoms with Crippen LogP contribution in [0.5, 0.6) is 0 Å². The predicted octanol–water partition coefficient (Wildman–Crippen LogP) is 0.617. The van der Waals surface area contributed by atoms with E-state index in [1.807, 2.05) is 4.90 Å². The van der Waals surface area contributed by atoms with E-state index in [0.29, 0.717) is 11.3 Å². The van der Waals surface area contributed by atoms with Gasteiger partial charge in [-0.2, -0.15) is 0 Å². The Morgan fingerprint density at radius 2 is 1.55 bits per heavy atom. The molecule has 0 spiro atoms. The van der Waals surface area contributed by atoms with E-state index in [-0.39, 0.29) is 11.6 Å². The Kier molecular flexibility index (Phi) is 6.76. The smallest absolute Gasteiger partial charge is 0.159 e. The Labute approximate surface area is 131 Å². The number of piperazine rings is 2. The predicted molar refractivity (Wildman–Crippen MR) is 87.2 cm³/mol. The van der Waals surface area contributed by atoms with Crippen LogP contribution in [-0.4, -0.2) is 58.1 Å². The van der Waals surface area contributed by atoms with Crippen LogP contribution in [0, 0.1) is 5.82 Å². The summed E-state index contributed by atoms with van der Waals surface area (Å²) in [5.41, 5.74) is 1.02. The second kappa shape index (κ2) is 8.82. The van der Waals surface area contributed by atoms with Crippen molar-refractivity contribution in [2.24, 2.45) is 0 Å². The number of ketones is 1. The molecule has 5 nitrogen and oxygen atoms in total. The molecule has 2 fully saturated rings. The van der Waals surface area contributed by atoms with Crippen molar-refractivity contribution in [1.82, 2.24) is 16.0 Å². The monoisotopic (exact) mass is 308 g/mol. The molecule has 3 N–H and O–H groups in total. The quantitative estimate of drug-likeness (QED) is 0.699. The number of carbonyl (C=O) groups is 1. The van der Waals surface area contributed by atoms with Gasteiger partial charge in [0.2, 0.25) is 0 Å². The molecule has 2 aliphatic heterocycles. The fraction of sp³-hybridized carbons (Fsp3) is 0.562. The Hall–Kier alpha value is -1.50. The lowest BCUT2D eigenvalue weighted by molar-refractivity contribution is 0.101. The molecule has 0 saturated carbocycles. The van der Waals surface area contributed by atoms with Crippen molar-refractivity contribution in [3.63, 3.8) is 0 Å². The van der Waals surface area contributed by atoms with Gasteiger partial charge >= 0.3 is 0 Å². The van der Waals surface area contributed by atoms with Gasteiger partial charge < -0.3 is 20.9 Å². The van der Waals surface area contributed by atoms with Crippen molar-refractivity contribution >= 4 is 11.5 Å². The van der Waals surface area contributed by atoms with Gasteiger partial charge in [-0.15, -0.1) is 0 Å². The summed E-state index contributed by atoms with van der Waals surface area (Å²) in [4.78, 5) is 13.1. The van der Waals surface area contributed by atoms with Gasteiger partial charge in [0.1, 0.15) is 5.82 Å². The van der Waals surface area contributed by atoms with Gasteiger partial charge in [-0.05, 0) is 25.1 Å². The zero-order valence-electron chi connectivity index (χ0n) is 13.1. The number of nitrogens with zero attached hydrogens (tertiary/aromatic N) is 1. The summed E-state index contributed by atoms with van der Waals surface area (Å²) in [6.07, 6.45) is 0. The summed E-state index contributed by atoms with van der Waals surface area (Å²) in [6, 6.07) is 4.69. The molecule has 0 aliphatic carbocycles. The number of benzene rings is 1. The van der Waals surface area contributed by atoms with E-state index in [1.54, 1.807) is 12.1 Å². The van der Waals surface area contributed by atoms with E-state index >= 15 is 0 Å². The van der Waals surface area contributed by atoms with Crippen LogP contribution in [-0.2, 0) is 0 Å². The molecule has 0 atom stereocenters. The van der Waals surface area contributed by atoms with Gasteiger partial charge in [0, 0.05) is 57.9 Å². The van der Waals surface area contributed by atoms with Crippen molar-refractivity contribution in [3.05, 3.63) is 29.6 Å². The lowest BCUT2D eigenvalue weighted by Gasteiger charge is -2.29. The van der Waals surface area contributed by atoms with E-state index in [2.05, 4.69) is 16.0 Å². The Morgan fingerprint density at radius 1 is 1.00 bits per heavy atom. The lowest BCUT2D eigenvalue weighted by atomic mass is 10.1. The summed E-state index contributed by atoms with van der Waals surface area (Å²) in [5.74, 6) is -0.416. The van der Waals surface area contributed by atoms with Crippen LogP contribution in [0.2, 0.25) is 0 Å². The standard InChI is InChI=1S/C12H15FN2O.C4H10N2/c1-9(16)10-2-3-12(11(13)8-10)15-6-4-14-5-7-15;1-2-6-4-3-5-1/h2-3,8,14H,4-7H2,1H3;5-6H,1-4H2. The molecule has 0 radical (unpaired) electrons. The molecular formula is C16H25FN4O. The molecule has 3 rings (SSSR count). The van der Waals surface area contributed by atoms with E-state index in [4.69, 9.17) is 0 Å². The van der Waals surface area contributed by atoms with Gasteiger partial charge in [-0.25, -0.2) is 4.39 Å². The number of hydrogen-bond donors (Lipinski definition) is 3.